The molecule has 0 unspecified atom stereocenters. The number of aliphatic carboxylic acids is 1. The van der Waals surface area contributed by atoms with Crippen molar-refractivity contribution in [2.75, 3.05) is 6.79 Å². The summed E-state index contributed by atoms with van der Waals surface area (Å²) >= 11 is 0.962. The third kappa shape index (κ3) is 2.81. The number of para-hydroxylation sites is 2. The minimum Gasteiger partial charge on any atom is -0.477 e. The molecule has 1 aromatic heterocycles. The second-order valence-electron chi connectivity index (χ2n) is 4.98. The van der Waals surface area contributed by atoms with Crippen molar-refractivity contribution in [3.8, 4) is 11.5 Å². The Balaban J connectivity index is 1.65. The van der Waals surface area contributed by atoms with Crippen LogP contribution in [0, 0.1) is 0 Å². The molecule has 1 N–H and O–H groups in total. The fraction of sp³-hybridized carbons (Fsp3) is 0.0588. The van der Waals surface area contributed by atoms with Crippen molar-refractivity contribution in [3.63, 3.8) is 0 Å². The Morgan fingerprint density at radius 1 is 1.17 bits per heavy atom. The van der Waals surface area contributed by atoms with Crippen LogP contribution < -0.4 is 9.47 Å². The molecule has 7 heteroatoms. The average molecular weight is 341 g/mol. The highest BCUT2D eigenvalue weighted by molar-refractivity contribution is 8.03. The van der Waals surface area contributed by atoms with E-state index in [1.807, 2.05) is 18.2 Å². The second kappa shape index (κ2) is 5.93. The second-order valence-corrected chi connectivity index (χ2v) is 5.97. The summed E-state index contributed by atoms with van der Waals surface area (Å²) in [5.41, 5.74) is 2.00. The summed E-state index contributed by atoms with van der Waals surface area (Å²) in [6.45, 7) is 0.173. The Kier molecular flexibility index (Phi) is 3.62. The topological polar surface area (TPSA) is 81.8 Å². The van der Waals surface area contributed by atoms with E-state index in [0.717, 1.165) is 11.8 Å². The van der Waals surface area contributed by atoms with Crippen molar-refractivity contribution in [2.24, 2.45) is 0 Å². The summed E-state index contributed by atoms with van der Waals surface area (Å²) in [6, 6.07) is 12.5. The van der Waals surface area contributed by atoms with Crippen LogP contribution in [-0.4, -0.2) is 22.9 Å². The molecule has 1 aliphatic rings. The molecular weight excluding hydrogens is 330 g/mol. The van der Waals surface area contributed by atoms with E-state index in [-0.39, 0.29) is 16.9 Å². The molecule has 0 radical (unpaired) electrons. The van der Waals surface area contributed by atoms with E-state index in [2.05, 4.69) is 4.98 Å². The molecule has 0 saturated carbocycles. The van der Waals surface area contributed by atoms with E-state index in [9.17, 15) is 9.90 Å². The Labute approximate surface area is 140 Å². The van der Waals surface area contributed by atoms with Crippen LogP contribution in [0.15, 0.2) is 57.0 Å². The largest absolute Gasteiger partial charge is 0.477 e. The zero-order valence-corrected chi connectivity index (χ0v) is 13.1. The molecule has 0 saturated heterocycles. The lowest BCUT2D eigenvalue weighted by Crippen LogP contribution is -1.96. The number of carboxylic acids is 1. The van der Waals surface area contributed by atoms with Gasteiger partial charge >= 0.3 is 5.97 Å². The van der Waals surface area contributed by atoms with Crippen LogP contribution in [0.1, 0.15) is 5.56 Å². The predicted octanol–water partition coefficient (Wildman–Crippen LogP) is 3.77. The van der Waals surface area contributed by atoms with Crippen molar-refractivity contribution in [1.82, 2.24) is 4.98 Å². The molecule has 0 bridgehead atoms. The number of oxazole rings is 1. The van der Waals surface area contributed by atoms with E-state index in [1.54, 1.807) is 30.3 Å². The van der Waals surface area contributed by atoms with Gasteiger partial charge in [-0.1, -0.05) is 18.2 Å². The number of aromatic nitrogens is 1. The van der Waals surface area contributed by atoms with Crippen LogP contribution in [-0.2, 0) is 4.79 Å². The lowest BCUT2D eigenvalue weighted by atomic mass is 10.2. The molecule has 4 rings (SSSR count). The Bertz CT molecular complexity index is 930. The van der Waals surface area contributed by atoms with Gasteiger partial charge in [-0.15, -0.1) is 0 Å². The fourth-order valence-electron chi connectivity index (χ4n) is 2.28. The monoisotopic (exact) mass is 341 g/mol. The molecule has 0 spiro atoms. The maximum atomic E-state index is 11.5. The van der Waals surface area contributed by atoms with E-state index in [4.69, 9.17) is 13.9 Å². The van der Waals surface area contributed by atoms with Crippen molar-refractivity contribution in [1.29, 1.82) is 0 Å². The first kappa shape index (κ1) is 14.6. The first-order valence-electron chi connectivity index (χ1n) is 7.07. The van der Waals surface area contributed by atoms with Crippen LogP contribution in [0.25, 0.3) is 17.2 Å². The highest BCUT2D eigenvalue weighted by Gasteiger charge is 2.17. The van der Waals surface area contributed by atoms with Gasteiger partial charge in [-0.3, -0.25) is 0 Å². The van der Waals surface area contributed by atoms with Gasteiger partial charge in [-0.05, 0) is 47.7 Å². The summed E-state index contributed by atoms with van der Waals surface area (Å²) < 4.78 is 16.1. The summed E-state index contributed by atoms with van der Waals surface area (Å²) in [4.78, 5) is 15.9. The average Bonchev–Trinajstić information content (AvgIpc) is 3.19. The van der Waals surface area contributed by atoms with Gasteiger partial charge in [0, 0.05) is 0 Å². The van der Waals surface area contributed by atoms with Crippen molar-refractivity contribution in [3.05, 3.63) is 52.9 Å². The molecule has 0 aliphatic carbocycles. The Morgan fingerprint density at radius 3 is 2.83 bits per heavy atom. The molecule has 2 aromatic carbocycles. The third-order valence-electron chi connectivity index (χ3n) is 3.38. The number of ether oxygens (including phenoxy) is 2. The van der Waals surface area contributed by atoms with Crippen LogP contribution in [0.4, 0.5) is 0 Å². The number of fused-ring (bicyclic) bond motifs is 2. The molecule has 0 atom stereocenters. The normalized spacial score (nSPS) is 13.4. The van der Waals surface area contributed by atoms with Gasteiger partial charge in [0.05, 0.1) is 0 Å². The molecule has 0 fully saturated rings. The number of nitrogens with zero attached hydrogens (tertiary/aromatic N) is 1. The van der Waals surface area contributed by atoms with Crippen LogP contribution in [0.5, 0.6) is 11.5 Å². The molecule has 24 heavy (non-hydrogen) atoms. The third-order valence-corrected chi connectivity index (χ3v) is 4.24. The molecule has 6 nitrogen and oxygen atoms in total. The predicted molar refractivity (Wildman–Crippen MR) is 88.0 cm³/mol. The number of hydrogen-bond donors (Lipinski definition) is 1. The maximum absolute atomic E-state index is 11.5. The number of thioether (sulfide) groups is 1. The van der Waals surface area contributed by atoms with Crippen molar-refractivity contribution >= 4 is 34.9 Å². The lowest BCUT2D eigenvalue weighted by molar-refractivity contribution is -0.131. The standard InChI is InChI=1S/C17H11NO5S/c19-16(20)15(8-10-5-6-13-14(7-10)22-9-21-13)24-17-18-11-3-1-2-4-12(11)23-17/h1-8H,9H2,(H,19,20)/b15-8+. The van der Waals surface area contributed by atoms with Crippen LogP contribution in [0.2, 0.25) is 0 Å². The molecule has 2 heterocycles. The highest BCUT2D eigenvalue weighted by atomic mass is 32.2. The maximum Gasteiger partial charge on any atom is 0.342 e. The number of carboxylic acid groups (broad SMARTS) is 1. The first-order chi connectivity index (χ1) is 11.7. The Hall–Kier alpha value is -2.93. The van der Waals surface area contributed by atoms with Crippen LogP contribution in [0.3, 0.4) is 0 Å². The fourth-order valence-corrected chi connectivity index (χ4v) is 3.02. The van der Waals surface area contributed by atoms with Gasteiger partial charge in [0.15, 0.2) is 17.1 Å². The van der Waals surface area contributed by atoms with E-state index < -0.39 is 5.97 Å². The van der Waals surface area contributed by atoms with Crippen molar-refractivity contribution < 1.29 is 23.8 Å². The van der Waals surface area contributed by atoms with Gasteiger partial charge in [0.1, 0.15) is 10.4 Å². The van der Waals surface area contributed by atoms with Crippen LogP contribution >= 0.6 is 11.8 Å². The summed E-state index contributed by atoms with van der Waals surface area (Å²) in [5, 5.41) is 9.73. The summed E-state index contributed by atoms with van der Waals surface area (Å²) in [5.74, 6) is 0.191. The van der Waals surface area contributed by atoms with E-state index in [0.29, 0.717) is 28.2 Å². The molecule has 3 aromatic rings. The molecule has 1 aliphatic heterocycles. The number of carbonyl (C=O) groups is 1. The van der Waals surface area contributed by atoms with Gasteiger partial charge < -0.3 is 19.0 Å². The minimum atomic E-state index is -1.06. The number of hydrogen-bond acceptors (Lipinski definition) is 6. The van der Waals surface area contributed by atoms with Gasteiger partial charge in [-0.25, -0.2) is 9.78 Å². The minimum absolute atomic E-state index is 0.0976. The molecule has 120 valence electrons. The lowest BCUT2D eigenvalue weighted by Gasteiger charge is -2.01. The zero-order valence-electron chi connectivity index (χ0n) is 12.3. The number of benzene rings is 2. The summed E-state index contributed by atoms with van der Waals surface area (Å²) in [6.07, 6.45) is 1.55. The summed E-state index contributed by atoms with van der Waals surface area (Å²) in [7, 11) is 0. The van der Waals surface area contributed by atoms with Gasteiger partial charge in [0.2, 0.25) is 6.79 Å². The van der Waals surface area contributed by atoms with E-state index >= 15 is 0 Å². The highest BCUT2D eigenvalue weighted by Crippen LogP contribution is 2.35. The quantitative estimate of drug-likeness (QED) is 0.571. The van der Waals surface area contributed by atoms with E-state index in [1.165, 1.54) is 0 Å². The number of rotatable bonds is 4. The van der Waals surface area contributed by atoms with Gasteiger partial charge in [0.25, 0.3) is 5.22 Å². The Morgan fingerprint density at radius 2 is 2.00 bits per heavy atom. The van der Waals surface area contributed by atoms with Gasteiger partial charge in [-0.2, -0.15) is 0 Å². The smallest absolute Gasteiger partial charge is 0.342 e. The zero-order chi connectivity index (χ0) is 16.5. The van der Waals surface area contributed by atoms with Crippen molar-refractivity contribution in [2.45, 2.75) is 5.22 Å². The SMILES string of the molecule is O=C(O)/C(=C\c1ccc2c(c1)OCO2)Sc1nc2ccccc2o1. The molecular formula is C17H11NO5S. The molecule has 0 amide bonds. The first-order valence-corrected chi connectivity index (χ1v) is 7.89.